The van der Waals surface area contributed by atoms with Crippen molar-refractivity contribution in [3.8, 4) is 0 Å². The summed E-state index contributed by atoms with van der Waals surface area (Å²) >= 11 is 0. The Morgan fingerprint density at radius 2 is 2.00 bits per heavy atom. The smallest absolute Gasteiger partial charge is 0.243 e. The first kappa shape index (κ1) is 17.4. The average molecular weight is 334 g/mol. The lowest BCUT2D eigenvalue weighted by atomic mass is 9.87. The SMILES string of the molecule is C[C@H](c1nc(C2CCC(=O)N(CC3CCCCC3)C2)no1)N(C)C. The Bertz CT molecular complexity index is 551. The molecule has 0 spiro atoms. The van der Waals surface area contributed by atoms with E-state index in [2.05, 4.69) is 26.9 Å². The van der Waals surface area contributed by atoms with Crippen molar-refractivity contribution in [3.05, 3.63) is 11.7 Å². The maximum absolute atomic E-state index is 12.3. The third-order valence-electron chi connectivity index (χ3n) is 5.66. The zero-order valence-corrected chi connectivity index (χ0v) is 15.2. The Hall–Kier alpha value is -1.43. The van der Waals surface area contributed by atoms with Gasteiger partial charge in [0, 0.05) is 25.4 Å². The maximum atomic E-state index is 12.3. The molecule has 2 fully saturated rings. The summed E-state index contributed by atoms with van der Waals surface area (Å²) in [6.07, 6.45) is 7.93. The largest absolute Gasteiger partial charge is 0.342 e. The third kappa shape index (κ3) is 3.97. The summed E-state index contributed by atoms with van der Waals surface area (Å²) < 4.78 is 5.45. The first-order valence-corrected chi connectivity index (χ1v) is 9.32. The molecule has 134 valence electrons. The van der Waals surface area contributed by atoms with E-state index in [4.69, 9.17) is 4.52 Å². The van der Waals surface area contributed by atoms with Crippen molar-refractivity contribution in [1.82, 2.24) is 19.9 Å². The number of nitrogens with zero attached hydrogens (tertiary/aromatic N) is 4. The number of aromatic nitrogens is 2. The Morgan fingerprint density at radius 3 is 2.71 bits per heavy atom. The van der Waals surface area contributed by atoms with E-state index < -0.39 is 0 Å². The predicted molar refractivity (Wildman–Crippen MR) is 91.5 cm³/mol. The molecule has 1 aliphatic carbocycles. The fourth-order valence-electron chi connectivity index (χ4n) is 3.79. The van der Waals surface area contributed by atoms with Crippen molar-refractivity contribution >= 4 is 5.91 Å². The van der Waals surface area contributed by atoms with Gasteiger partial charge in [-0.25, -0.2) is 0 Å². The van der Waals surface area contributed by atoms with E-state index in [1.165, 1.54) is 32.1 Å². The molecular formula is C18H30N4O2. The van der Waals surface area contributed by atoms with Crippen LogP contribution in [0.3, 0.4) is 0 Å². The van der Waals surface area contributed by atoms with Gasteiger partial charge >= 0.3 is 0 Å². The summed E-state index contributed by atoms with van der Waals surface area (Å²) in [7, 11) is 4.00. The fourth-order valence-corrected chi connectivity index (χ4v) is 3.79. The van der Waals surface area contributed by atoms with Gasteiger partial charge in [-0.2, -0.15) is 4.98 Å². The van der Waals surface area contributed by atoms with Crippen LogP contribution < -0.4 is 0 Å². The number of hydrogen-bond acceptors (Lipinski definition) is 5. The Kier molecular flexibility index (Phi) is 5.54. The Balaban J connectivity index is 1.63. The molecule has 1 unspecified atom stereocenters. The van der Waals surface area contributed by atoms with Gasteiger partial charge < -0.3 is 9.42 Å². The van der Waals surface area contributed by atoms with E-state index in [1.807, 2.05) is 14.1 Å². The van der Waals surface area contributed by atoms with Gasteiger partial charge in [-0.05, 0) is 46.2 Å². The maximum Gasteiger partial charge on any atom is 0.243 e. The zero-order chi connectivity index (χ0) is 17.1. The minimum absolute atomic E-state index is 0.106. The van der Waals surface area contributed by atoms with Crippen LogP contribution in [0.25, 0.3) is 0 Å². The number of amides is 1. The van der Waals surface area contributed by atoms with Crippen molar-refractivity contribution in [3.63, 3.8) is 0 Å². The molecule has 1 aromatic heterocycles. The van der Waals surface area contributed by atoms with E-state index in [0.29, 0.717) is 24.1 Å². The summed E-state index contributed by atoms with van der Waals surface area (Å²) in [4.78, 5) is 21.0. The summed E-state index contributed by atoms with van der Waals surface area (Å²) in [5, 5.41) is 4.20. The van der Waals surface area contributed by atoms with Gasteiger partial charge in [-0.1, -0.05) is 24.4 Å². The predicted octanol–water partition coefficient (Wildman–Crippen LogP) is 2.98. The van der Waals surface area contributed by atoms with Gasteiger partial charge in [0.2, 0.25) is 11.8 Å². The number of hydrogen-bond donors (Lipinski definition) is 0. The molecule has 1 saturated carbocycles. The number of piperidine rings is 1. The highest BCUT2D eigenvalue weighted by atomic mass is 16.5. The quantitative estimate of drug-likeness (QED) is 0.828. The lowest BCUT2D eigenvalue weighted by Gasteiger charge is -2.35. The fraction of sp³-hybridized carbons (Fsp3) is 0.833. The summed E-state index contributed by atoms with van der Waals surface area (Å²) in [5.41, 5.74) is 0. The third-order valence-corrected chi connectivity index (χ3v) is 5.66. The minimum atomic E-state index is 0.106. The topological polar surface area (TPSA) is 62.5 Å². The highest BCUT2D eigenvalue weighted by Gasteiger charge is 2.31. The second-order valence-corrected chi connectivity index (χ2v) is 7.67. The van der Waals surface area contributed by atoms with Gasteiger partial charge in [-0.3, -0.25) is 9.69 Å². The first-order valence-electron chi connectivity index (χ1n) is 9.32. The van der Waals surface area contributed by atoms with Crippen molar-refractivity contribution in [2.24, 2.45) is 5.92 Å². The summed E-state index contributed by atoms with van der Waals surface area (Å²) in [5.74, 6) is 2.60. The van der Waals surface area contributed by atoms with E-state index >= 15 is 0 Å². The van der Waals surface area contributed by atoms with Crippen molar-refractivity contribution < 1.29 is 9.32 Å². The molecule has 0 aromatic carbocycles. The van der Waals surface area contributed by atoms with E-state index in [-0.39, 0.29) is 12.0 Å². The normalized spacial score (nSPS) is 24.6. The molecule has 0 N–H and O–H groups in total. The monoisotopic (exact) mass is 334 g/mol. The van der Waals surface area contributed by atoms with Crippen LogP contribution in [0.4, 0.5) is 0 Å². The van der Waals surface area contributed by atoms with E-state index in [1.54, 1.807) is 0 Å². The van der Waals surface area contributed by atoms with E-state index in [9.17, 15) is 4.79 Å². The van der Waals surface area contributed by atoms with E-state index in [0.717, 1.165) is 25.3 Å². The molecule has 0 bridgehead atoms. The number of rotatable bonds is 5. The molecule has 24 heavy (non-hydrogen) atoms. The molecule has 0 radical (unpaired) electrons. The molecule has 6 nitrogen and oxygen atoms in total. The molecule has 1 saturated heterocycles. The van der Waals surface area contributed by atoms with Crippen LogP contribution in [-0.4, -0.2) is 53.0 Å². The second-order valence-electron chi connectivity index (χ2n) is 7.67. The van der Waals surface area contributed by atoms with Gasteiger partial charge in [0.1, 0.15) is 0 Å². The highest BCUT2D eigenvalue weighted by molar-refractivity contribution is 5.77. The first-order chi connectivity index (χ1) is 11.5. The molecule has 6 heteroatoms. The number of carbonyl (C=O) groups excluding carboxylic acids is 1. The number of likely N-dealkylation sites (tertiary alicyclic amines) is 1. The van der Waals surface area contributed by atoms with Crippen LogP contribution in [0.2, 0.25) is 0 Å². The van der Waals surface area contributed by atoms with Crippen LogP contribution in [0.15, 0.2) is 4.52 Å². The second kappa shape index (κ2) is 7.64. The molecule has 2 atom stereocenters. The molecule has 1 aromatic rings. The van der Waals surface area contributed by atoms with Crippen molar-refractivity contribution in [2.45, 2.75) is 63.8 Å². The van der Waals surface area contributed by atoms with Gasteiger partial charge in [0.05, 0.1) is 6.04 Å². The van der Waals surface area contributed by atoms with Crippen LogP contribution in [0.5, 0.6) is 0 Å². The molecule has 1 aliphatic heterocycles. The van der Waals surface area contributed by atoms with Gasteiger partial charge in [0.25, 0.3) is 0 Å². The molecule has 2 heterocycles. The van der Waals surface area contributed by atoms with Crippen LogP contribution in [-0.2, 0) is 4.79 Å². The standard InChI is InChI=1S/C18H30N4O2/c1-13(21(2)3)18-19-17(20-24-18)15-9-10-16(23)22(12-15)11-14-7-5-4-6-8-14/h13-15H,4-12H2,1-3H3/t13-,15?/m1/s1. The summed E-state index contributed by atoms with van der Waals surface area (Å²) in [6.45, 7) is 3.70. The molecule has 1 amide bonds. The van der Waals surface area contributed by atoms with Crippen LogP contribution >= 0.6 is 0 Å². The Labute approximate surface area is 144 Å². The summed E-state index contributed by atoms with van der Waals surface area (Å²) in [6, 6.07) is 0.106. The van der Waals surface area contributed by atoms with Gasteiger partial charge in [0.15, 0.2) is 5.82 Å². The van der Waals surface area contributed by atoms with Crippen molar-refractivity contribution in [1.29, 1.82) is 0 Å². The molecular weight excluding hydrogens is 304 g/mol. The van der Waals surface area contributed by atoms with Crippen LogP contribution in [0, 0.1) is 5.92 Å². The zero-order valence-electron chi connectivity index (χ0n) is 15.2. The lowest BCUT2D eigenvalue weighted by Crippen LogP contribution is -2.42. The molecule has 2 aliphatic rings. The lowest BCUT2D eigenvalue weighted by molar-refractivity contribution is -0.134. The average Bonchev–Trinajstić information content (AvgIpc) is 3.07. The van der Waals surface area contributed by atoms with Crippen molar-refractivity contribution in [2.75, 3.05) is 27.2 Å². The molecule has 3 rings (SSSR count). The number of carbonyl (C=O) groups is 1. The Morgan fingerprint density at radius 1 is 1.25 bits per heavy atom. The minimum Gasteiger partial charge on any atom is -0.342 e. The van der Waals surface area contributed by atoms with Gasteiger partial charge in [-0.15, -0.1) is 0 Å². The van der Waals surface area contributed by atoms with Crippen LogP contribution in [0.1, 0.15) is 75.5 Å². The highest BCUT2D eigenvalue weighted by Crippen LogP contribution is 2.30.